The fraction of sp³-hybridized carbons (Fsp3) is 0.296. The Labute approximate surface area is 229 Å². The Hall–Kier alpha value is -4.38. The number of nitrogens with one attached hydrogen (secondary N) is 4. The molecule has 3 heterocycles. The summed E-state index contributed by atoms with van der Waals surface area (Å²) in [6, 6.07) is 11.9. The van der Waals surface area contributed by atoms with Crippen LogP contribution in [-0.4, -0.2) is 46.8 Å². The predicted molar refractivity (Wildman–Crippen MR) is 146 cm³/mol. The van der Waals surface area contributed by atoms with Crippen LogP contribution in [0.4, 0.5) is 16.2 Å². The molecule has 1 unspecified atom stereocenters. The number of hydrogen-bond donors (Lipinski definition) is 4. The van der Waals surface area contributed by atoms with Crippen LogP contribution in [0.2, 0.25) is 5.02 Å². The largest absolute Gasteiger partial charge is 0.453 e. The summed E-state index contributed by atoms with van der Waals surface area (Å²) in [5.74, 6) is 0.123. The average molecular weight is 551 g/mol. The lowest BCUT2D eigenvalue weighted by Crippen LogP contribution is -2.37. The summed E-state index contributed by atoms with van der Waals surface area (Å²) in [5.41, 5.74) is 3.66. The molecule has 0 saturated heterocycles. The summed E-state index contributed by atoms with van der Waals surface area (Å²) in [4.78, 5) is 50.8. The van der Waals surface area contributed by atoms with Crippen LogP contribution in [0.25, 0.3) is 11.3 Å². The van der Waals surface area contributed by atoms with Crippen LogP contribution in [0.15, 0.2) is 53.8 Å². The predicted octanol–water partition coefficient (Wildman–Crippen LogP) is 4.77. The molecule has 11 nitrogen and oxygen atoms in total. The summed E-state index contributed by atoms with van der Waals surface area (Å²) < 4.78 is 4.66. The molecule has 39 heavy (non-hydrogen) atoms. The maximum absolute atomic E-state index is 13.2. The highest BCUT2D eigenvalue weighted by atomic mass is 35.5. The molecule has 2 bridgehead atoms. The zero-order chi connectivity index (χ0) is 27.4. The SMILES string of the molecule is COC(=O)Nc1ccc2c(c1)NC(=O)CCCC[C@H](NC(=O)C1CC(c3cccc(Cl)c3)=NO1)c1nc-2c[nH]1. The number of aromatic nitrogens is 2. The second-order valence-electron chi connectivity index (χ2n) is 9.25. The van der Waals surface area contributed by atoms with Gasteiger partial charge in [-0.3, -0.25) is 14.9 Å². The van der Waals surface area contributed by atoms with E-state index in [2.05, 4.69) is 30.8 Å². The number of aromatic amines is 1. The van der Waals surface area contributed by atoms with Crippen molar-refractivity contribution in [3.8, 4) is 11.3 Å². The van der Waals surface area contributed by atoms with E-state index in [0.29, 0.717) is 71.3 Å². The Morgan fingerprint density at radius 3 is 2.87 bits per heavy atom. The summed E-state index contributed by atoms with van der Waals surface area (Å²) in [5, 5.41) is 13.2. The maximum Gasteiger partial charge on any atom is 0.411 e. The molecule has 0 aliphatic carbocycles. The Balaban J connectivity index is 1.34. The van der Waals surface area contributed by atoms with Crippen molar-refractivity contribution in [3.05, 3.63) is 65.1 Å². The number of oxime groups is 1. The van der Waals surface area contributed by atoms with Crippen LogP contribution in [0.3, 0.4) is 0 Å². The van der Waals surface area contributed by atoms with Crippen LogP contribution < -0.4 is 16.0 Å². The highest BCUT2D eigenvalue weighted by molar-refractivity contribution is 6.31. The van der Waals surface area contributed by atoms with Crippen molar-refractivity contribution in [1.29, 1.82) is 0 Å². The number of methoxy groups -OCH3 is 1. The van der Waals surface area contributed by atoms with E-state index in [9.17, 15) is 14.4 Å². The standard InChI is InChI=1S/C27H27ClN6O5/c1-38-27(37)30-17-9-10-18-21(12-17)31-24(35)8-3-2-7-19(25-29-14-22(18)32-25)33-26(36)23-13-20(34-39-23)15-5-4-6-16(28)11-15/h4-6,9-12,14,19,23H,2-3,7-8,13H2,1H3,(H,29,32)(H,30,37)(H,31,35)(H,33,36)/t19-,23?/m0/s1. The quantitative estimate of drug-likeness (QED) is 0.368. The highest BCUT2D eigenvalue weighted by Gasteiger charge is 2.31. The number of benzene rings is 2. The number of anilines is 2. The molecule has 12 heteroatoms. The molecule has 0 spiro atoms. The van der Waals surface area contributed by atoms with E-state index in [1.165, 1.54) is 7.11 Å². The van der Waals surface area contributed by atoms with E-state index in [4.69, 9.17) is 21.4 Å². The van der Waals surface area contributed by atoms with Gasteiger partial charge in [-0.15, -0.1) is 0 Å². The molecule has 2 aromatic carbocycles. The zero-order valence-corrected chi connectivity index (χ0v) is 21.9. The third kappa shape index (κ3) is 6.20. The minimum Gasteiger partial charge on any atom is -0.453 e. The molecule has 2 aliphatic rings. The highest BCUT2D eigenvalue weighted by Crippen LogP contribution is 2.32. The van der Waals surface area contributed by atoms with Gasteiger partial charge < -0.3 is 25.2 Å². The maximum atomic E-state index is 13.2. The van der Waals surface area contributed by atoms with Gasteiger partial charge in [0, 0.05) is 40.9 Å². The molecule has 4 N–H and O–H groups in total. The molecule has 5 rings (SSSR count). The summed E-state index contributed by atoms with van der Waals surface area (Å²) in [6.07, 6.45) is 2.82. The molecular weight excluding hydrogens is 524 g/mol. The first-order valence-corrected chi connectivity index (χ1v) is 12.9. The van der Waals surface area contributed by atoms with Gasteiger partial charge in [0.15, 0.2) is 0 Å². The number of carbonyl (C=O) groups is 3. The number of nitrogens with zero attached hydrogens (tertiary/aromatic N) is 2. The number of rotatable bonds is 4. The van der Waals surface area contributed by atoms with Gasteiger partial charge in [-0.25, -0.2) is 9.78 Å². The first-order valence-electron chi connectivity index (χ1n) is 12.5. The molecule has 3 aromatic rings. The Morgan fingerprint density at radius 1 is 1.18 bits per heavy atom. The monoisotopic (exact) mass is 550 g/mol. The third-order valence-corrected chi connectivity index (χ3v) is 6.75. The van der Waals surface area contributed by atoms with Crippen molar-refractivity contribution in [2.24, 2.45) is 5.16 Å². The fourth-order valence-electron chi connectivity index (χ4n) is 4.52. The molecule has 1 aromatic heterocycles. The van der Waals surface area contributed by atoms with Gasteiger partial charge in [-0.2, -0.15) is 0 Å². The molecule has 202 valence electrons. The molecule has 0 saturated carbocycles. The van der Waals surface area contributed by atoms with E-state index >= 15 is 0 Å². The summed E-state index contributed by atoms with van der Waals surface area (Å²) in [6.45, 7) is 0. The molecule has 0 fully saturated rings. The Morgan fingerprint density at radius 2 is 2.05 bits per heavy atom. The van der Waals surface area contributed by atoms with Gasteiger partial charge >= 0.3 is 6.09 Å². The van der Waals surface area contributed by atoms with Crippen molar-refractivity contribution in [3.63, 3.8) is 0 Å². The van der Waals surface area contributed by atoms with E-state index < -0.39 is 18.2 Å². The second-order valence-corrected chi connectivity index (χ2v) is 9.69. The molecule has 3 amide bonds. The number of imidazole rings is 1. The van der Waals surface area contributed by atoms with Crippen molar-refractivity contribution in [2.45, 2.75) is 44.2 Å². The van der Waals surface area contributed by atoms with Gasteiger partial charge in [-0.1, -0.05) is 35.3 Å². The number of halogens is 1. The van der Waals surface area contributed by atoms with Crippen LogP contribution in [0.5, 0.6) is 0 Å². The number of H-pyrrole nitrogens is 1. The van der Waals surface area contributed by atoms with Crippen LogP contribution in [0, 0.1) is 0 Å². The van der Waals surface area contributed by atoms with Gasteiger partial charge in [0.2, 0.25) is 12.0 Å². The number of carbonyl (C=O) groups excluding carboxylic acids is 3. The van der Waals surface area contributed by atoms with Gasteiger partial charge in [0.05, 0.1) is 30.2 Å². The lowest BCUT2D eigenvalue weighted by Gasteiger charge is -2.19. The van der Waals surface area contributed by atoms with Crippen LogP contribution >= 0.6 is 11.6 Å². The Kier molecular flexibility index (Phi) is 7.78. The Bertz CT molecular complexity index is 1440. The van der Waals surface area contributed by atoms with E-state index in [0.717, 1.165) is 5.56 Å². The number of hydrogen-bond acceptors (Lipinski definition) is 7. The van der Waals surface area contributed by atoms with E-state index in [1.54, 1.807) is 36.5 Å². The second kappa shape index (κ2) is 11.6. The number of ether oxygens (including phenoxy) is 1. The van der Waals surface area contributed by atoms with Crippen molar-refractivity contribution >= 4 is 46.6 Å². The molecular formula is C27H27ClN6O5. The van der Waals surface area contributed by atoms with Crippen molar-refractivity contribution in [2.75, 3.05) is 17.7 Å². The molecule has 2 aliphatic heterocycles. The smallest absolute Gasteiger partial charge is 0.411 e. The first-order chi connectivity index (χ1) is 18.9. The summed E-state index contributed by atoms with van der Waals surface area (Å²) >= 11 is 6.09. The lowest BCUT2D eigenvalue weighted by atomic mass is 10.0. The van der Waals surface area contributed by atoms with E-state index in [1.807, 2.05) is 12.1 Å². The average Bonchev–Trinajstić information content (AvgIpc) is 3.61. The van der Waals surface area contributed by atoms with Gasteiger partial charge in [-0.05, 0) is 43.2 Å². The van der Waals surface area contributed by atoms with Crippen molar-refractivity contribution < 1.29 is 24.0 Å². The molecule has 0 radical (unpaired) electrons. The number of fused-ring (bicyclic) bond motifs is 4. The summed E-state index contributed by atoms with van der Waals surface area (Å²) in [7, 11) is 1.27. The zero-order valence-electron chi connectivity index (χ0n) is 21.1. The lowest BCUT2D eigenvalue weighted by molar-refractivity contribution is -0.132. The van der Waals surface area contributed by atoms with Gasteiger partial charge in [0.25, 0.3) is 5.91 Å². The van der Waals surface area contributed by atoms with Crippen molar-refractivity contribution in [1.82, 2.24) is 15.3 Å². The van der Waals surface area contributed by atoms with E-state index in [-0.39, 0.29) is 11.8 Å². The fourth-order valence-corrected chi connectivity index (χ4v) is 4.71. The van der Waals surface area contributed by atoms with Gasteiger partial charge in [0.1, 0.15) is 5.82 Å². The minimum absolute atomic E-state index is 0.159. The number of amides is 3. The van der Waals surface area contributed by atoms with Crippen LogP contribution in [0.1, 0.15) is 49.5 Å². The minimum atomic E-state index is -0.776. The topological polar surface area (TPSA) is 147 Å². The van der Waals surface area contributed by atoms with Crippen LogP contribution in [-0.2, 0) is 19.2 Å². The first kappa shape index (κ1) is 26.2. The normalized spacial score (nSPS) is 18.8. The molecule has 2 atom stereocenters. The third-order valence-electron chi connectivity index (χ3n) is 6.51.